The fourth-order valence-electron chi connectivity index (χ4n) is 0.506. The molecule has 48 valence electrons. The van der Waals surface area contributed by atoms with Crippen LogP contribution in [0, 0.1) is 0 Å². The molecule has 0 saturated heterocycles. The molecule has 0 saturated carbocycles. The van der Waals surface area contributed by atoms with E-state index in [0.29, 0.717) is 5.76 Å². The minimum atomic E-state index is 0.549. The molecule has 0 spiro atoms. The van der Waals surface area contributed by atoms with Gasteiger partial charge in [-0.15, -0.1) is 0 Å². The van der Waals surface area contributed by atoms with Gasteiger partial charge in [-0.1, -0.05) is 13.8 Å². The van der Waals surface area contributed by atoms with Crippen LogP contribution in [-0.2, 0) is 0 Å². The fraction of sp³-hybridized carbons (Fsp3) is 0.714. The van der Waals surface area contributed by atoms with Gasteiger partial charge < -0.3 is 5.11 Å². The number of aliphatic hydroxyl groups excluding tert-OH is 1. The Hall–Kier alpha value is -0.460. The van der Waals surface area contributed by atoms with Gasteiger partial charge in [0.05, 0.1) is 5.76 Å². The zero-order chi connectivity index (χ0) is 6.57. The van der Waals surface area contributed by atoms with Crippen molar-refractivity contribution in [2.75, 3.05) is 0 Å². The van der Waals surface area contributed by atoms with Gasteiger partial charge >= 0.3 is 0 Å². The summed E-state index contributed by atoms with van der Waals surface area (Å²) in [5.41, 5.74) is 1.10. The molecular formula is C7H14O. The number of hydrogen-bond donors (Lipinski definition) is 1. The van der Waals surface area contributed by atoms with Crippen molar-refractivity contribution >= 4 is 0 Å². The quantitative estimate of drug-likeness (QED) is 0.547. The van der Waals surface area contributed by atoms with Crippen molar-refractivity contribution in [2.24, 2.45) is 0 Å². The van der Waals surface area contributed by atoms with E-state index in [2.05, 4.69) is 0 Å². The van der Waals surface area contributed by atoms with Crippen LogP contribution >= 0.6 is 0 Å². The highest BCUT2D eigenvalue weighted by molar-refractivity contribution is 5.02. The SMILES string of the molecule is CC/C(C)=C(\O)CC. The second-order valence-corrected chi connectivity index (χ2v) is 1.93. The van der Waals surface area contributed by atoms with Crippen molar-refractivity contribution in [3.63, 3.8) is 0 Å². The van der Waals surface area contributed by atoms with E-state index in [4.69, 9.17) is 5.11 Å². The lowest BCUT2D eigenvalue weighted by Crippen LogP contribution is -1.82. The number of rotatable bonds is 2. The zero-order valence-electron chi connectivity index (χ0n) is 5.86. The van der Waals surface area contributed by atoms with Crippen LogP contribution in [0.5, 0.6) is 0 Å². The standard InChI is InChI=1S/C7H14O/c1-4-6(3)7(8)5-2/h8H,4-5H2,1-3H3/b7-6-. The van der Waals surface area contributed by atoms with Crippen molar-refractivity contribution in [1.82, 2.24) is 0 Å². The van der Waals surface area contributed by atoms with Crippen LogP contribution in [0.4, 0.5) is 0 Å². The summed E-state index contributed by atoms with van der Waals surface area (Å²) in [5.74, 6) is 0.549. The van der Waals surface area contributed by atoms with Crippen molar-refractivity contribution < 1.29 is 5.11 Å². The summed E-state index contributed by atoms with van der Waals surface area (Å²) >= 11 is 0. The van der Waals surface area contributed by atoms with E-state index >= 15 is 0 Å². The summed E-state index contributed by atoms with van der Waals surface area (Å²) in [6, 6.07) is 0. The number of aliphatic hydroxyl groups is 1. The highest BCUT2D eigenvalue weighted by atomic mass is 16.3. The van der Waals surface area contributed by atoms with Crippen LogP contribution in [0.2, 0.25) is 0 Å². The van der Waals surface area contributed by atoms with Crippen molar-refractivity contribution in [3.8, 4) is 0 Å². The maximum atomic E-state index is 9.01. The summed E-state index contributed by atoms with van der Waals surface area (Å²) in [7, 11) is 0. The first-order chi connectivity index (χ1) is 3.72. The minimum absolute atomic E-state index is 0.549. The average molecular weight is 114 g/mol. The lowest BCUT2D eigenvalue weighted by Gasteiger charge is -1.97. The molecule has 0 unspecified atom stereocenters. The Morgan fingerprint density at radius 2 is 1.75 bits per heavy atom. The van der Waals surface area contributed by atoms with E-state index in [1.54, 1.807) is 0 Å². The molecule has 0 rings (SSSR count). The summed E-state index contributed by atoms with van der Waals surface area (Å²) in [4.78, 5) is 0. The third-order valence-corrected chi connectivity index (χ3v) is 1.36. The second-order valence-electron chi connectivity index (χ2n) is 1.93. The topological polar surface area (TPSA) is 20.2 Å². The number of allylic oxidation sites excluding steroid dienone is 2. The van der Waals surface area contributed by atoms with Gasteiger partial charge in [-0.3, -0.25) is 0 Å². The van der Waals surface area contributed by atoms with Crippen LogP contribution < -0.4 is 0 Å². The molecule has 0 amide bonds. The molecule has 0 aliphatic carbocycles. The predicted molar refractivity (Wildman–Crippen MR) is 35.9 cm³/mol. The Kier molecular flexibility index (Phi) is 3.33. The average Bonchev–Trinajstić information content (AvgIpc) is 1.84. The molecule has 1 nitrogen and oxygen atoms in total. The van der Waals surface area contributed by atoms with E-state index in [9.17, 15) is 0 Å². The predicted octanol–water partition coefficient (Wildman–Crippen LogP) is 2.64. The second kappa shape index (κ2) is 3.53. The Bertz CT molecular complexity index is 80.6. The van der Waals surface area contributed by atoms with E-state index in [1.807, 2.05) is 20.8 Å². The lowest BCUT2D eigenvalue weighted by atomic mass is 10.2. The maximum Gasteiger partial charge on any atom is 0.0908 e. The van der Waals surface area contributed by atoms with Crippen molar-refractivity contribution in [2.45, 2.75) is 33.6 Å². The molecule has 0 aliphatic heterocycles. The summed E-state index contributed by atoms with van der Waals surface area (Å²) < 4.78 is 0. The molecule has 0 radical (unpaired) electrons. The zero-order valence-corrected chi connectivity index (χ0v) is 5.86. The van der Waals surface area contributed by atoms with E-state index in [-0.39, 0.29) is 0 Å². The molecular weight excluding hydrogens is 100 g/mol. The van der Waals surface area contributed by atoms with Gasteiger partial charge in [0, 0.05) is 6.42 Å². The van der Waals surface area contributed by atoms with Crippen LogP contribution in [0.3, 0.4) is 0 Å². The lowest BCUT2D eigenvalue weighted by molar-refractivity contribution is 0.385. The third kappa shape index (κ3) is 2.01. The highest BCUT2D eigenvalue weighted by Crippen LogP contribution is 2.06. The molecule has 0 bridgehead atoms. The Balaban J connectivity index is 3.83. The molecule has 0 aromatic carbocycles. The largest absolute Gasteiger partial charge is 0.512 e. The molecule has 0 fully saturated rings. The molecule has 8 heavy (non-hydrogen) atoms. The monoisotopic (exact) mass is 114 g/mol. The van der Waals surface area contributed by atoms with E-state index in [0.717, 1.165) is 18.4 Å². The van der Waals surface area contributed by atoms with Crippen molar-refractivity contribution in [1.29, 1.82) is 0 Å². The van der Waals surface area contributed by atoms with Crippen molar-refractivity contribution in [3.05, 3.63) is 11.3 Å². The van der Waals surface area contributed by atoms with Gasteiger partial charge in [0.2, 0.25) is 0 Å². The first-order valence-corrected chi connectivity index (χ1v) is 3.09. The highest BCUT2D eigenvalue weighted by Gasteiger charge is 1.91. The normalized spacial score (nSPS) is 13.4. The number of hydrogen-bond acceptors (Lipinski definition) is 1. The smallest absolute Gasteiger partial charge is 0.0908 e. The van der Waals surface area contributed by atoms with Crippen LogP contribution in [0.25, 0.3) is 0 Å². The Morgan fingerprint density at radius 1 is 1.25 bits per heavy atom. The molecule has 0 heterocycles. The van der Waals surface area contributed by atoms with Gasteiger partial charge in [0.1, 0.15) is 0 Å². The maximum absolute atomic E-state index is 9.01. The van der Waals surface area contributed by atoms with Crippen LogP contribution in [-0.4, -0.2) is 5.11 Å². The van der Waals surface area contributed by atoms with Gasteiger partial charge in [-0.25, -0.2) is 0 Å². The molecule has 0 aromatic rings. The molecule has 1 N–H and O–H groups in total. The fourth-order valence-corrected chi connectivity index (χ4v) is 0.506. The Labute approximate surface area is 51.0 Å². The van der Waals surface area contributed by atoms with Gasteiger partial charge in [0.25, 0.3) is 0 Å². The molecule has 0 atom stereocenters. The first kappa shape index (κ1) is 7.54. The van der Waals surface area contributed by atoms with E-state index in [1.165, 1.54) is 0 Å². The molecule has 0 aliphatic rings. The van der Waals surface area contributed by atoms with Gasteiger partial charge in [-0.2, -0.15) is 0 Å². The molecule has 1 heteroatoms. The van der Waals surface area contributed by atoms with Gasteiger partial charge in [0.15, 0.2) is 0 Å². The van der Waals surface area contributed by atoms with Gasteiger partial charge in [-0.05, 0) is 18.9 Å². The van der Waals surface area contributed by atoms with E-state index < -0.39 is 0 Å². The van der Waals surface area contributed by atoms with Crippen LogP contribution in [0.1, 0.15) is 33.6 Å². The minimum Gasteiger partial charge on any atom is -0.512 e. The summed E-state index contributed by atoms with van der Waals surface area (Å²) in [6.45, 7) is 5.95. The molecule has 0 aromatic heterocycles. The summed E-state index contributed by atoms with van der Waals surface area (Å²) in [5, 5.41) is 9.01. The first-order valence-electron chi connectivity index (χ1n) is 3.09. The summed E-state index contributed by atoms with van der Waals surface area (Å²) in [6.07, 6.45) is 1.72. The Morgan fingerprint density at radius 3 is 1.88 bits per heavy atom. The van der Waals surface area contributed by atoms with Crippen LogP contribution in [0.15, 0.2) is 11.3 Å². The third-order valence-electron chi connectivity index (χ3n) is 1.36.